The summed E-state index contributed by atoms with van der Waals surface area (Å²) in [5.74, 6) is -0.0980. The summed E-state index contributed by atoms with van der Waals surface area (Å²) in [7, 11) is 0. The molecule has 4 nitrogen and oxygen atoms in total. The van der Waals surface area contributed by atoms with Crippen LogP contribution in [0.25, 0.3) is 0 Å². The third-order valence-corrected chi connectivity index (χ3v) is 5.99. The second-order valence-corrected chi connectivity index (χ2v) is 9.21. The summed E-state index contributed by atoms with van der Waals surface area (Å²) in [6, 6.07) is 0. The molecule has 0 saturated heterocycles. The van der Waals surface area contributed by atoms with Crippen molar-refractivity contribution >= 4 is 5.97 Å². The lowest BCUT2D eigenvalue weighted by molar-refractivity contribution is -0.145. The second-order valence-electron chi connectivity index (χ2n) is 9.21. The minimum atomic E-state index is -0.0980. The highest BCUT2D eigenvalue weighted by molar-refractivity contribution is 5.69. The van der Waals surface area contributed by atoms with Crippen molar-refractivity contribution in [1.82, 2.24) is 0 Å². The van der Waals surface area contributed by atoms with E-state index in [0.717, 1.165) is 25.9 Å². The molecule has 0 fully saturated rings. The number of esters is 1. The van der Waals surface area contributed by atoms with Gasteiger partial charge in [0.15, 0.2) is 0 Å². The van der Waals surface area contributed by atoms with E-state index in [2.05, 4.69) is 13.8 Å². The van der Waals surface area contributed by atoms with Crippen LogP contribution in [0.1, 0.15) is 142 Å². The molecule has 4 heteroatoms. The van der Waals surface area contributed by atoms with Crippen LogP contribution in [-0.2, 0) is 19.0 Å². The first-order valence-corrected chi connectivity index (χ1v) is 14.1. The summed E-state index contributed by atoms with van der Waals surface area (Å²) in [5.41, 5.74) is 0. The minimum Gasteiger partial charge on any atom is -0.463 e. The number of hydrogen-bond donors (Lipinski definition) is 0. The van der Waals surface area contributed by atoms with Crippen LogP contribution in [0.2, 0.25) is 0 Å². The molecule has 0 aliphatic rings. The highest BCUT2D eigenvalue weighted by Gasteiger charge is 2.02. The van der Waals surface area contributed by atoms with E-state index in [1.165, 1.54) is 103 Å². The monoisotopic (exact) mass is 456 g/mol. The Balaban J connectivity index is 3.08. The van der Waals surface area contributed by atoms with Crippen molar-refractivity contribution in [2.75, 3.05) is 33.0 Å². The molecule has 192 valence electrons. The number of rotatable bonds is 27. The van der Waals surface area contributed by atoms with Gasteiger partial charge in [0.2, 0.25) is 0 Å². The molecule has 32 heavy (non-hydrogen) atoms. The summed E-state index contributed by atoms with van der Waals surface area (Å²) in [6.45, 7) is 7.33. The third kappa shape index (κ3) is 27.4. The van der Waals surface area contributed by atoms with Crippen LogP contribution < -0.4 is 0 Å². The highest BCUT2D eigenvalue weighted by Crippen LogP contribution is 2.13. The van der Waals surface area contributed by atoms with Crippen molar-refractivity contribution in [3.8, 4) is 0 Å². The maximum Gasteiger partial charge on any atom is 0.305 e. The average Bonchev–Trinajstić information content (AvgIpc) is 2.80. The quantitative estimate of drug-likeness (QED) is 0.0919. The number of hydrogen-bond acceptors (Lipinski definition) is 4. The van der Waals surface area contributed by atoms with Crippen molar-refractivity contribution in [2.45, 2.75) is 142 Å². The molecule has 0 saturated carbocycles. The van der Waals surface area contributed by atoms with Gasteiger partial charge in [-0.3, -0.25) is 4.79 Å². The van der Waals surface area contributed by atoms with Gasteiger partial charge in [0, 0.05) is 13.0 Å². The standard InChI is InChI=1S/C28H56O4/c1-3-5-7-9-10-11-12-13-14-15-16-17-19-21-23-30-24-25-31-26-27-32-28(29)22-20-18-8-6-4-2/h3-27H2,1-2H3. The Labute approximate surface area is 200 Å². The summed E-state index contributed by atoms with van der Waals surface area (Å²) in [4.78, 5) is 11.6. The molecule has 0 amide bonds. The van der Waals surface area contributed by atoms with E-state index in [-0.39, 0.29) is 5.97 Å². The molecule has 0 bridgehead atoms. The van der Waals surface area contributed by atoms with Gasteiger partial charge in [-0.05, 0) is 12.8 Å². The van der Waals surface area contributed by atoms with Gasteiger partial charge >= 0.3 is 5.97 Å². The zero-order valence-electron chi connectivity index (χ0n) is 21.8. The molecule has 0 radical (unpaired) electrons. The zero-order valence-corrected chi connectivity index (χ0v) is 21.8. The zero-order chi connectivity index (χ0) is 23.4. The largest absolute Gasteiger partial charge is 0.463 e. The van der Waals surface area contributed by atoms with Gasteiger partial charge in [0.1, 0.15) is 6.61 Å². The van der Waals surface area contributed by atoms with Gasteiger partial charge < -0.3 is 14.2 Å². The molecule has 0 N–H and O–H groups in total. The van der Waals surface area contributed by atoms with E-state index in [9.17, 15) is 4.79 Å². The molecule has 0 aromatic rings. The maximum atomic E-state index is 11.6. The first-order chi connectivity index (χ1) is 15.8. The SMILES string of the molecule is CCCCCCCCCCCCCCCCOCCOCCOC(=O)CCCCCCC. The van der Waals surface area contributed by atoms with Gasteiger partial charge in [-0.25, -0.2) is 0 Å². The lowest BCUT2D eigenvalue weighted by Crippen LogP contribution is -2.13. The fourth-order valence-electron chi connectivity index (χ4n) is 3.88. The Morgan fingerprint density at radius 2 is 0.812 bits per heavy atom. The lowest BCUT2D eigenvalue weighted by atomic mass is 10.0. The molecule has 0 unspecified atom stereocenters. The molecule has 0 spiro atoms. The van der Waals surface area contributed by atoms with Crippen LogP contribution in [0, 0.1) is 0 Å². The van der Waals surface area contributed by atoms with E-state index >= 15 is 0 Å². The van der Waals surface area contributed by atoms with Crippen molar-refractivity contribution in [2.24, 2.45) is 0 Å². The number of carbonyl (C=O) groups excluding carboxylic acids is 1. The van der Waals surface area contributed by atoms with Crippen molar-refractivity contribution < 1.29 is 19.0 Å². The highest BCUT2D eigenvalue weighted by atomic mass is 16.6. The van der Waals surface area contributed by atoms with Gasteiger partial charge in [-0.1, -0.05) is 123 Å². The Morgan fingerprint density at radius 1 is 0.438 bits per heavy atom. The third-order valence-electron chi connectivity index (χ3n) is 5.99. The van der Waals surface area contributed by atoms with Gasteiger partial charge in [-0.2, -0.15) is 0 Å². The van der Waals surface area contributed by atoms with Gasteiger partial charge in [-0.15, -0.1) is 0 Å². The van der Waals surface area contributed by atoms with Crippen LogP contribution in [-0.4, -0.2) is 39.0 Å². The Bertz CT molecular complexity index is 359. The fraction of sp³-hybridized carbons (Fsp3) is 0.964. The van der Waals surface area contributed by atoms with E-state index in [0.29, 0.717) is 32.8 Å². The molecular formula is C28H56O4. The van der Waals surface area contributed by atoms with E-state index in [4.69, 9.17) is 14.2 Å². The Morgan fingerprint density at radius 3 is 1.31 bits per heavy atom. The molecule has 0 aromatic carbocycles. The van der Waals surface area contributed by atoms with Gasteiger partial charge in [0.25, 0.3) is 0 Å². The Hall–Kier alpha value is -0.610. The first kappa shape index (κ1) is 31.4. The molecule has 0 rings (SSSR count). The molecule has 0 atom stereocenters. The van der Waals surface area contributed by atoms with E-state index in [1.54, 1.807) is 0 Å². The molecule has 0 aromatic heterocycles. The molecular weight excluding hydrogens is 400 g/mol. The van der Waals surface area contributed by atoms with Gasteiger partial charge in [0.05, 0.1) is 19.8 Å². The molecule has 0 heterocycles. The van der Waals surface area contributed by atoms with Crippen LogP contribution in [0.3, 0.4) is 0 Å². The lowest BCUT2D eigenvalue weighted by Gasteiger charge is -2.07. The summed E-state index contributed by atoms with van der Waals surface area (Å²) in [6.07, 6.45) is 25.6. The molecule has 0 aliphatic carbocycles. The maximum absolute atomic E-state index is 11.6. The predicted octanol–water partition coefficient (Wildman–Crippen LogP) is 8.40. The first-order valence-electron chi connectivity index (χ1n) is 14.1. The van der Waals surface area contributed by atoms with E-state index < -0.39 is 0 Å². The number of carbonyl (C=O) groups is 1. The van der Waals surface area contributed by atoms with E-state index in [1.807, 2.05) is 0 Å². The summed E-state index contributed by atoms with van der Waals surface area (Å²) >= 11 is 0. The van der Waals surface area contributed by atoms with Crippen LogP contribution >= 0.6 is 0 Å². The smallest absolute Gasteiger partial charge is 0.305 e. The second kappa shape index (κ2) is 28.4. The van der Waals surface area contributed by atoms with Crippen LogP contribution in [0.5, 0.6) is 0 Å². The normalized spacial score (nSPS) is 11.2. The predicted molar refractivity (Wildman–Crippen MR) is 136 cm³/mol. The summed E-state index contributed by atoms with van der Waals surface area (Å²) in [5, 5.41) is 0. The topological polar surface area (TPSA) is 44.8 Å². The molecule has 0 aliphatic heterocycles. The van der Waals surface area contributed by atoms with Crippen molar-refractivity contribution in [3.63, 3.8) is 0 Å². The van der Waals surface area contributed by atoms with Crippen LogP contribution in [0.4, 0.5) is 0 Å². The van der Waals surface area contributed by atoms with Crippen molar-refractivity contribution in [1.29, 1.82) is 0 Å². The number of ether oxygens (including phenoxy) is 3. The average molecular weight is 457 g/mol. The van der Waals surface area contributed by atoms with Crippen molar-refractivity contribution in [3.05, 3.63) is 0 Å². The van der Waals surface area contributed by atoms with Crippen LogP contribution in [0.15, 0.2) is 0 Å². The number of unbranched alkanes of at least 4 members (excludes halogenated alkanes) is 17. The fourth-order valence-corrected chi connectivity index (χ4v) is 3.88. The minimum absolute atomic E-state index is 0.0980. The Kier molecular flexibility index (Phi) is 27.9. The summed E-state index contributed by atoms with van der Waals surface area (Å²) < 4.78 is 16.3.